The van der Waals surface area contributed by atoms with Crippen molar-refractivity contribution in [2.75, 3.05) is 24.5 Å². The highest BCUT2D eigenvalue weighted by Gasteiger charge is 2.36. The van der Waals surface area contributed by atoms with Crippen molar-refractivity contribution in [1.82, 2.24) is 10.2 Å². The van der Waals surface area contributed by atoms with Gasteiger partial charge in [-0.15, -0.1) is 0 Å². The number of carbonyl (C=O) groups excluding carboxylic acids is 2. The average molecular weight is 680 g/mol. The summed E-state index contributed by atoms with van der Waals surface area (Å²) < 4.78 is 34.7. The van der Waals surface area contributed by atoms with E-state index in [1.807, 2.05) is 13.8 Å². The van der Waals surface area contributed by atoms with Crippen LogP contribution in [0.5, 0.6) is 5.75 Å². The summed E-state index contributed by atoms with van der Waals surface area (Å²) in [6.07, 6.45) is 0.220. The Morgan fingerprint density at radius 2 is 1.76 bits per heavy atom. The highest BCUT2D eigenvalue weighted by atomic mass is 35.5. The average Bonchev–Trinajstić information content (AvgIpc) is 2.99. The van der Waals surface area contributed by atoms with Gasteiger partial charge < -0.3 is 15.0 Å². The molecule has 1 atom stereocenters. The van der Waals surface area contributed by atoms with Crippen molar-refractivity contribution in [3.05, 3.63) is 92.0 Å². The molecule has 242 valence electrons. The van der Waals surface area contributed by atoms with Crippen LogP contribution in [0, 0.1) is 23.0 Å². The molecular weight excluding hydrogens is 643 g/mol. The van der Waals surface area contributed by atoms with Crippen molar-refractivity contribution < 1.29 is 27.7 Å². The molecule has 45 heavy (non-hydrogen) atoms. The quantitative estimate of drug-likeness (QED) is 0.163. The summed E-state index contributed by atoms with van der Waals surface area (Å²) in [6, 6.07) is 13.6. The van der Waals surface area contributed by atoms with Gasteiger partial charge in [0.1, 0.15) is 18.3 Å². The molecule has 3 aromatic carbocycles. The maximum Gasteiger partial charge on any atom is 0.273 e. The molecule has 0 spiro atoms. The second-order valence-corrected chi connectivity index (χ2v) is 13.4. The molecule has 0 radical (unpaired) electrons. The van der Waals surface area contributed by atoms with Crippen LogP contribution in [-0.2, 0) is 26.2 Å². The lowest BCUT2D eigenvalue weighted by Gasteiger charge is -2.33. The van der Waals surface area contributed by atoms with E-state index in [0.717, 1.165) is 10.4 Å². The normalized spacial score (nSPS) is 12.0. The third-order valence-corrected chi connectivity index (χ3v) is 9.38. The number of ether oxygens (including phenoxy) is 1. The van der Waals surface area contributed by atoms with Crippen molar-refractivity contribution in [2.45, 2.75) is 51.6 Å². The number of carbonyl (C=O) groups is 2. The van der Waals surface area contributed by atoms with E-state index in [-0.39, 0.29) is 40.9 Å². The maximum absolute atomic E-state index is 14.3. The monoisotopic (exact) mass is 678 g/mol. The van der Waals surface area contributed by atoms with Crippen LogP contribution in [0.1, 0.15) is 38.3 Å². The van der Waals surface area contributed by atoms with E-state index in [2.05, 4.69) is 5.32 Å². The molecule has 0 heterocycles. The van der Waals surface area contributed by atoms with Crippen LogP contribution in [0.3, 0.4) is 0 Å². The topological polar surface area (TPSA) is 139 Å². The number of rotatable bonds is 14. The molecule has 1 N–H and O–H groups in total. The van der Waals surface area contributed by atoms with Gasteiger partial charge in [-0.1, -0.05) is 68.2 Å². The molecule has 11 nitrogen and oxygen atoms in total. The molecule has 0 aromatic heterocycles. The summed E-state index contributed by atoms with van der Waals surface area (Å²) in [5.41, 5.74) is 0.322. The Labute approximate surface area is 273 Å². The first-order valence-corrected chi connectivity index (χ1v) is 16.3. The van der Waals surface area contributed by atoms with Gasteiger partial charge in [-0.2, -0.15) is 0 Å². The van der Waals surface area contributed by atoms with Gasteiger partial charge in [0.05, 0.1) is 22.6 Å². The Morgan fingerprint density at radius 3 is 2.36 bits per heavy atom. The summed E-state index contributed by atoms with van der Waals surface area (Å²) in [4.78, 5) is 39.5. The SMILES string of the molecule is CCC(C(=O)NCC(C)C)N(Cc1ccccc1Cl)C(=O)CN(c1cc(Cl)ccc1OC)S(=O)(=O)c1ccc(C)c([N+](=O)[O-])c1. The summed E-state index contributed by atoms with van der Waals surface area (Å²) >= 11 is 12.7. The summed E-state index contributed by atoms with van der Waals surface area (Å²) in [5, 5.41) is 15.0. The van der Waals surface area contributed by atoms with Crippen LogP contribution >= 0.6 is 23.2 Å². The van der Waals surface area contributed by atoms with Crippen molar-refractivity contribution in [3.63, 3.8) is 0 Å². The summed E-state index contributed by atoms with van der Waals surface area (Å²) in [5.74, 6) is -0.908. The lowest BCUT2D eigenvalue weighted by Crippen LogP contribution is -2.52. The number of halogens is 2. The van der Waals surface area contributed by atoms with Crippen molar-refractivity contribution in [1.29, 1.82) is 0 Å². The van der Waals surface area contributed by atoms with Crippen LogP contribution < -0.4 is 14.4 Å². The van der Waals surface area contributed by atoms with E-state index in [0.29, 0.717) is 17.1 Å². The van der Waals surface area contributed by atoms with Gasteiger partial charge in [0.15, 0.2) is 0 Å². The molecule has 3 aromatic rings. The number of benzene rings is 3. The molecule has 0 aliphatic heterocycles. The van der Waals surface area contributed by atoms with E-state index in [9.17, 15) is 28.1 Å². The number of sulfonamides is 1. The molecule has 0 fully saturated rings. The highest BCUT2D eigenvalue weighted by molar-refractivity contribution is 7.92. The fourth-order valence-electron chi connectivity index (χ4n) is 4.60. The van der Waals surface area contributed by atoms with Gasteiger partial charge in [-0.3, -0.25) is 24.0 Å². The number of hydrogen-bond acceptors (Lipinski definition) is 7. The summed E-state index contributed by atoms with van der Waals surface area (Å²) in [7, 11) is -3.32. The van der Waals surface area contributed by atoms with Gasteiger partial charge in [-0.05, 0) is 55.2 Å². The Balaban J connectivity index is 2.19. The fraction of sp³-hybridized carbons (Fsp3) is 0.355. The Kier molecular flexibility index (Phi) is 12.2. The molecule has 0 aliphatic carbocycles. The molecule has 3 rings (SSSR count). The minimum Gasteiger partial charge on any atom is -0.495 e. The van der Waals surface area contributed by atoms with Gasteiger partial charge >= 0.3 is 0 Å². The zero-order chi connectivity index (χ0) is 33.5. The van der Waals surface area contributed by atoms with Gasteiger partial charge in [0.25, 0.3) is 15.7 Å². The van der Waals surface area contributed by atoms with E-state index in [1.54, 1.807) is 31.2 Å². The van der Waals surface area contributed by atoms with E-state index < -0.39 is 49.9 Å². The zero-order valence-corrected chi connectivity index (χ0v) is 27.9. The van der Waals surface area contributed by atoms with Crippen molar-refractivity contribution >= 4 is 56.4 Å². The number of anilines is 1. The predicted molar refractivity (Wildman–Crippen MR) is 174 cm³/mol. The Hall–Kier alpha value is -3.87. The van der Waals surface area contributed by atoms with Gasteiger partial charge in [0, 0.05) is 34.8 Å². The van der Waals surface area contributed by atoms with Gasteiger partial charge in [0.2, 0.25) is 11.8 Å². The smallest absolute Gasteiger partial charge is 0.273 e. The second-order valence-electron chi connectivity index (χ2n) is 10.7. The standard InChI is InChI=1S/C31H36Cl2N4O7S/c1-6-26(31(39)34-17-20(2)3)35(18-22-9-7-8-10-25(22)33)30(38)19-36(28-15-23(32)12-14-29(28)44-5)45(42,43)24-13-11-21(4)27(16-24)37(40)41/h7-16,20,26H,6,17-19H2,1-5H3,(H,34,39). The summed E-state index contributed by atoms with van der Waals surface area (Å²) in [6.45, 7) is 6.58. The lowest BCUT2D eigenvalue weighted by molar-refractivity contribution is -0.385. The highest BCUT2D eigenvalue weighted by Crippen LogP contribution is 2.36. The number of methoxy groups -OCH3 is 1. The maximum atomic E-state index is 14.3. The number of nitrogens with one attached hydrogen (secondary N) is 1. The first-order chi connectivity index (χ1) is 21.2. The number of aryl methyl sites for hydroxylation is 1. The van der Waals surface area contributed by atoms with Crippen molar-refractivity contribution in [2.24, 2.45) is 5.92 Å². The minimum atomic E-state index is -4.64. The van der Waals surface area contributed by atoms with Crippen LogP contribution in [0.2, 0.25) is 10.0 Å². The number of nitrogens with zero attached hydrogens (tertiary/aromatic N) is 3. The van der Waals surface area contributed by atoms with Crippen LogP contribution in [0.15, 0.2) is 65.6 Å². The zero-order valence-electron chi connectivity index (χ0n) is 25.6. The van der Waals surface area contributed by atoms with Crippen LogP contribution in [0.25, 0.3) is 0 Å². The first kappa shape index (κ1) is 35.6. The molecule has 0 bridgehead atoms. The minimum absolute atomic E-state index is 0.0726. The fourth-order valence-corrected chi connectivity index (χ4v) is 6.40. The molecule has 14 heteroatoms. The molecule has 0 aliphatic rings. The molecule has 2 amide bonds. The first-order valence-electron chi connectivity index (χ1n) is 14.1. The Bertz CT molecular complexity index is 1670. The van der Waals surface area contributed by atoms with Crippen molar-refractivity contribution in [3.8, 4) is 5.75 Å². The number of amides is 2. The van der Waals surface area contributed by atoms with Crippen LogP contribution in [-0.4, -0.2) is 56.3 Å². The van der Waals surface area contributed by atoms with Gasteiger partial charge in [-0.25, -0.2) is 8.42 Å². The Morgan fingerprint density at radius 1 is 1.07 bits per heavy atom. The molecular formula is C31H36Cl2N4O7S. The van der Waals surface area contributed by atoms with E-state index in [1.165, 1.54) is 49.3 Å². The molecule has 0 saturated carbocycles. The van der Waals surface area contributed by atoms with Crippen LogP contribution in [0.4, 0.5) is 11.4 Å². The molecule has 0 saturated heterocycles. The lowest BCUT2D eigenvalue weighted by atomic mass is 10.1. The van der Waals surface area contributed by atoms with E-state index >= 15 is 0 Å². The largest absolute Gasteiger partial charge is 0.495 e. The number of hydrogen-bond donors (Lipinski definition) is 1. The predicted octanol–water partition coefficient (Wildman–Crippen LogP) is 5.99. The second kappa shape index (κ2) is 15.4. The number of nitro groups is 1. The molecule has 1 unspecified atom stereocenters. The van der Waals surface area contributed by atoms with E-state index in [4.69, 9.17) is 27.9 Å². The third kappa shape index (κ3) is 8.65. The number of nitro benzene ring substituents is 1. The third-order valence-electron chi connectivity index (χ3n) is 7.02.